The molecule has 0 aliphatic rings. The molecule has 0 amide bonds. The van der Waals surface area contributed by atoms with Gasteiger partial charge in [0.1, 0.15) is 23.5 Å². The minimum Gasteiger partial charge on any atom is -0.494 e. The van der Waals surface area contributed by atoms with Crippen LogP contribution in [-0.2, 0) is 4.79 Å². The summed E-state index contributed by atoms with van der Waals surface area (Å²) in [6.07, 6.45) is 6.67. The third kappa shape index (κ3) is 8.05. The molecule has 1 unspecified atom stereocenters. The van der Waals surface area contributed by atoms with Gasteiger partial charge < -0.3 is 25.5 Å². The van der Waals surface area contributed by atoms with E-state index in [0.29, 0.717) is 6.61 Å². The Bertz CT molecular complexity index is 1270. The zero-order valence-corrected chi connectivity index (χ0v) is 22.0. The highest BCUT2D eigenvalue weighted by atomic mass is 16.5. The van der Waals surface area contributed by atoms with E-state index in [4.69, 9.17) is 9.84 Å². The van der Waals surface area contributed by atoms with Crippen LogP contribution in [0.4, 0.5) is 5.82 Å². The van der Waals surface area contributed by atoms with Crippen LogP contribution in [0.2, 0.25) is 0 Å². The Balaban J connectivity index is 1.22. The minimum atomic E-state index is -0.707. The minimum absolute atomic E-state index is 0.120. The summed E-state index contributed by atoms with van der Waals surface area (Å²) in [6.45, 7) is 4.64. The number of benzene rings is 2. The molecule has 2 aromatic carbocycles. The summed E-state index contributed by atoms with van der Waals surface area (Å²) in [4.78, 5) is 22.8. The fourth-order valence-corrected chi connectivity index (χ4v) is 4.36. The molecule has 200 valence electrons. The maximum Gasteiger partial charge on any atom is 0.303 e. The maximum absolute atomic E-state index is 10.5. The number of carboxylic acids is 1. The Morgan fingerprint density at radius 3 is 2.53 bits per heavy atom. The van der Waals surface area contributed by atoms with E-state index >= 15 is 0 Å². The van der Waals surface area contributed by atoms with E-state index in [1.165, 1.54) is 5.56 Å². The standard InChI is InChI=1S/C30H37N5O3/c1-22(23-10-5-4-6-11-23)34-29-26-20-27(35-30(26)33-21-32-29)24-13-15-25(16-14-24)38-19-9-18-31-17-8-3-2-7-12-28(36)37/h4-6,10-11,13-16,20-22,31H,2-3,7-9,12,17-19H2,1H3,(H,36,37)(H2,32,33,34,35). The Morgan fingerprint density at radius 2 is 1.74 bits per heavy atom. The number of nitrogens with zero attached hydrogens (tertiary/aromatic N) is 2. The molecule has 0 aliphatic carbocycles. The van der Waals surface area contributed by atoms with E-state index in [0.717, 1.165) is 79.1 Å². The highest BCUT2D eigenvalue weighted by molar-refractivity contribution is 5.91. The molecule has 0 bridgehead atoms. The maximum atomic E-state index is 10.5. The van der Waals surface area contributed by atoms with Crippen molar-refractivity contribution in [2.24, 2.45) is 0 Å². The van der Waals surface area contributed by atoms with Gasteiger partial charge in [0.05, 0.1) is 12.0 Å². The van der Waals surface area contributed by atoms with Crippen LogP contribution in [0.15, 0.2) is 67.0 Å². The lowest BCUT2D eigenvalue weighted by Gasteiger charge is -2.15. The second-order valence-corrected chi connectivity index (χ2v) is 9.48. The normalized spacial score (nSPS) is 11.9. The number of nitrogens with one attached hydrogen (secondary N) is 3. The van der Waals surface area contributed by atoms with Gasteiger partial charge in [-0.1, -0.05) is 43.2 Å². The number of hydrogen-bond donors (Lipinski definition) is 4. The molecule has 0 aliphatic heterocycles. The van der Waals surface area contributed by atoms with E-state index < -0.39 is 5.97 Å². The van der Waals surface area contributed by atoms with Gasteiger partial charge >= 0.3 is 5.97 Å². The van der Waals surface area contributed by atoms with Crippen LogP contribution < -0.4 is 15.4 Å². The Kier molecular flexibility index (Phi) is 10.1. The first-order valence-corrected chi connectivity index (χ1v) is 13.4. The second kappa shape index (κ2) is 14.1. The van der Waals surface area contributed by atoms with Gasteiger partial charge in [0, 0.05) is 18.2 Å². The lowest BCUT2D eigenvalue weighted by atomic mass is 10.1. The molecule has 0 saturated heterocycles. The zero-order valence-electron chi connectivity index (χ0n) is 22.0. The molecule has 0 radical (unpaired) electrons. The third-order valence-corrected chi connectivity index (χ3v) is 6.50. The van der Waals surface area contributed by atoms with Crippen LogP contribution in [0.1, 0.15) is 57.1 Å². The van der Waals surface area contributed by atoms with Gasteiger partial charge in [-0.2, -0.15) is 0 Å². The Labute approximate surface area is 223 Å². The molecular formula is C30H37N5O3. The number of rotatable bonds is 16. The predicted molar refractivity (Wildman–Crippen MR) is 152 cm³/mol. The average molecular weight is 516 g/mol. The molecular weight excluding hydrogens is 478 g/mol. The van der Waals surface area contributed by atoms with Crippen molar-refractivity contribution in [2.45, 2.75) is 51.5 Å². The number of aromatic amines is 1. The van der Waals surface area contributed by atoms with E-state index in [9.17, 15) is 4.79 Å². The third-order valence-electron chi connectivity index (χ3n) is 6.50. The molecule has 0 saturated carbocycles. The van der Waals surface area contributed by atoms with Gasteiger partial charge in [-0.05, 0) is 80.7 Å². The molecule has 2 aromatic heterocycles. The summed E-state index contributed by atoms with van der Waals surface area (Å²) >= 11 is 0. The average Bonchev–Trinajstić information content (AvgIpc) is 3.38. The number of fused-ring (bicyclic) bond motifs is 1. The number of H-pyrrole nitrogens is 1. The Hall–Kier alpha value is -3.91. The summed E-state index contributed by atoms with van der Waals surface area (Å²) in [6, 6.07) is 20.6. The summed E-state index contributed by atoms with van der Waals surface area (Å²) in [5.41, 5.74) is 4.04. The van der Waals surface area contributed by atoms with E-state index in [2.05, 4.69) is 62.8 Å². The van der Waals surface area contributed by atoms with Crippen molar-refractivity contribution in [2.75, 3.05) is 25.0 Å². The van der Waals surface area contributed by atoms with E-state index in [1.807, 2.05) is 30.3 Å². The fourth-order valence-electron chi connectivity index (χ4n) is 4.36. The van der Waals surface area contributed by atoms with Gasteiger partial charge in [-0.25, -0.2) is 9.97 Å². The van der Waals surface area contributed by atoms with Crippen LogP contribution in [0.25, 0.3) is 22.3 Å². The molecule has 4 aromatic rings. The lowest BCUT2D eigenvalue weighted by Crippen LogP contribution is -2.18. The number of hydrogen-bond acceptors (Lipinski definition) is 6. The molecule has 0 fully saturated rings. The SMILES string of the molecule is CC(Nc1ncnc2[nH]c(-c3ccc(OCCCNCCCCCCC(=O)O)cc3)cc12)c1ccccc1. The van der Waals surface area contributed by atoms with Crippen LogP contribution in [0, 0.1) is 0 Å². The van der Waals surface area contributed by atoms with Crippen molar-refractivity contribution in [3.63, 3.8) is 0 Å². The van der Waals surface area contributed by atoms with Crippen molar-refractivity contribution < 1.29 is 14.6 Å². The number of ether oxygens (including phenoxy) is 1. The van der Waals surface area contributed by atoms with Gasteiger partial charge in [0.25, 0.3) is 0 Å². The second-order valence-electron chi connectivity index (χ2n) is 9.48. The molecule has 8 heteroatoms. The highest BCUT2D eigenvalue weighted by Crippen LogP contribution is 2.29. The van der Waals surface area contributed by atoms with Crippen LogP contribution in [0.3, 0.4) is 0 Å². The zero-order chi connectivity index (χ0) is 26.6. The highest BCUT2D eigenvalue weighted by Gasteiger charge is 2.12. The first-order valence-electron chi connectivity index (χ1n) is 13.4. The summed E-state index contributed by atoms with van der Waals surface area (Å²) < 4.78 is 5.90. The molecule has 38 heavy (non-hydrogen) atoms. The smallest absolute Gasteiger partial charge is 0.303 e. The molecule has 4 N–H and O–H groups in total. The van der Waals surface area contributed by atoms with E-state index in [-0.39, 0.29) is 12.5 Å². The largest absolute Gasteiger partial charge is 0.494 e. The van der Waals surface area contributed by atoms with Crippen molar-refractivity contribution >= 4 is 22.8 Å². The van der Waals surface area contributed by atoms with E-state index in [1.54, 1.807) is 6.33 Å². The monoisotopic (exact) mass is 515 g/mol. The number of aliphatic carboxylic acids is 1. The number of carbonyl (C=O) groups is 1. The molecule has 2 heterocycles. The van der Waals surface area contributed by atoms with Gasteiger partial charge in [0.15, 0.2) is 0 Å². The first kappa shape index (κ1) is 27.1. The quantitative estimate of drug-likeness (QED) is 0.132. The number of aromatic nitrogens is 3. The van der Waals surface area contributed by atoms with Crippen LogP contribution in [0.5, 0.6) is 5.75 Å². The molecule has 4 rings (SSSR count). The van der Waals surface area contributed by atoms with Crippen LogP contribution >= 0.6 is 0 Å². The number of anilines is 1. The Morgan fingerprint density at radius 1 is 0.974 bits per heavy atom. The van der Waals surface area contributed by atoms with Gasteiger partial charge in [0.2, 0.25) is 0 Å². The summed E-state index contributed by atoms with van der Waals surface area (Å²) in [5.74, 6) is 0.948. The molecule has 1 atom stereocenters. The number of unbranched alkanes of at least 4 members (excludes halogenated alkanes) is 3. The van der Waals surface area contributed by atoms with Crippen molar-refractivity contribution in [3.05, 3.63) is 72.6 Å². The van der Waals surface area contributed by atoms with Crippen LogP contribution in [-0.4, -0.2) is 45.7 Å². The number of carboxylic acid groups (broad SMARTS) is 1. The topological polar surface area (TPSA) is 112 Å². The predicted octanol–water partition coefficient (Wildman–Crippen LogP) is 6.19. The summed E-state index contributed by atoms with van der Waals surface area (Å²) in [7, 11) is 0. The fraction of sp³-hybridized carbons (Fsp3) is 0.367. The molecule has 8 nitrogen and oxygen atoms in total. The van der Waals surface area contributed by atoms with Crippen molar-refractivity contribution in [3.8, 4) is 17.0 Å². The summed E-state index contributed by atoms with van der Waals surface area (Å²) in [5, 5.41) is 16.5. The van der Waals surface area contributed by atoms with Crippen molar-refractivity contribution in [1.29, 1.82) is 0 Å². The lowest BCUT2D eigenvalue weighted by molar-refractivity contribution is -0.137. The first-order chi connectivity index (χ1) is 18.6. The molecule has 0 spiro atoms. The van der Waals surface area contributed by atoms with Gasteiger partial charge in [-0.15, -0.1) is 0 Å². The van der Waals surface area contributed by atoms with Gasteiger partial charge in [-0.3, -0.25) is 4.79 Å². The van der Waals surface area contributed by atoms with Crippen molar-refractivity contribution in [1.82, 2.24) is 20.3 Å².